The normalized spacial score (nSPS) is 17.8. The van der Waals surface area contributed by atoms with Gasteiger partial charge in [-0.25, -0.2) is 0 Å². The second-order valence-electron chi connectivity index (χ2n) is 33.5. The Labute approximate surface area is 649 Å². The molecule has 0 aliphatic carbocycles. The summed E-state index contributed by atoms with van der Waals surface area (Å²) >= 11 is 0. The number of esters is 4. The molecule has 1 unspecified atom stereocenters. The van der Waals surface area contributed by atoms with Crippen molar-refractivity contribution in [1.29, 1.82) is 0 Å². The molecule has 3 heterocycles. The first-order chi connectivity index (χ1) is 51.0. The zero-order valence-electron chi connectivity index (χ0n) is 67.1. The van der Waals surface area contributed by atoms with Gasteiger partial charge in [0.1, 0.15) is 35.0 Å². The van der Waals surface area contributed by atoms with E-state index in [0.29, 0.717) is 100 Å². The van der Waals surface area contributed by atoms with Crippen molar-refractivity contribution in [3.05, 3.63) is 112 Å². The van der Waals surface area contributed by atoms with Crippen LogP contribution in [-0.2, 0) is 90.0 Å². The molecule has 6 rings (SSSR count). The molecule has 31 heteroatoms. The molecule has 2 atom stereocenters. The first-order valence-corrected chi connectivity index (χ1v) is 40.7. The van der Waals surface area contributed by atoms with E-state index in [2.05, 4.69) is 30.1 Å². The third-order valence-corrected chi connectivity index (χ3v) is 20.5. The molecule has 110 heavy (non-hydrogen) atoms. The fraction of sp³-hybridized carbons (Fsp3) is 0.620. The van der Waals surface area contributed by atoms with E-state index in [4.69, 9.17) is 24.5 Å². The number of hydrogen-bond acceptors (Lipinski definition) is 21. The number of fused-ring (bicyclic) bond motifs is 2. The number of rotatable bonds is 33. The molecule has 1 fully saturated rings. The minimum Gasteiger partial charge on any atom is -0.481 e. The number of aliphatic carboxylic acids is 1. The molecule has 608 valence electrons. The molecular weight excluding hydrogens is 1460 g/mol. The van der Waals surface area contributed by atoms with Crippen LogP contribution in [0.4, 0.5) is 17.1 Å². The summed E-state index contributed by atoms with van der Waals surface area (Å²) in [5.41, 5.74) is 9.91. The van der Waals surface area contributed by atoms with Crippen molar-refractivity contribution < 1.29 is 88.1 Å². The summed E-state index contributed by atoms with van der Waals surface area (Å²) in [5.74, 6) is -3.65. The van der Waals surface area contributed by atoms with Gasteiger partial charge in [0.15, 0.2) is 5.71 Å². The van der Waals surface area contributed by atoms with Crippen molar-refractivity contribution in [1.82, 2.24) is 24.9 Å². The highest BCUT2D eigenvalue weighted by Gasteiger charge is 2.46. The first kappa shape index (κ1) is 90.8. The molecule has 0 saturated carbocycles. The van der Waals surface area contributed by atoms with E-state index in [1.807, 2.05) is 77.7 Å². The Morgan fingerprint density at radius 2 is 1.13 bits per heavy atom. The average Bonchev–Trinajstić information content (AvgIpc) is 1.59. The smallest absolute Gasteiger partial charge is 0.320 e. The van der Waals surface area contributed by atoms with Crippen LogP contribution in [0.25, 0.3) is 10.4 Å². The number of nitrogens with zero attached hydrogens (tertiary/aromatic N) is 9. The quantitative estimate of drug-likeness (QED) is 0.00553. The molecule has 3 aromatic rings. The lowest BCUT2D eigenvalue weighted by atomic mass is 9.81. The van der Waals surface area contributed by atoms with Crippen LogP contribution >= 0.6 is 0 Å². The largest absolute Gasteiger partial charge is 0.481 e. The van der Waals surface area contributed by atoms with Crippen LogP contribution in [0.15, 0.2) is 99.5 Å². The second kappa shape index (κ2) is 38.9. The van der Waals surface area contributed by atoms with Crippen molar-refractivity contribution in [2.75, 3.05) is 102 Å². The Kier molecular flexibility index (Phi) is 32.1. The van der Waals surface area contributed by atoms with Gasteiger partial charge in [-0.15, -0.1) is 0 Å². The van der Waals surface area contributed by atoms with E-state index < -0.39 is 107 Å². The summed E-state index contributed by atoms with van der Waals surface area (Å²) < 4.78 is 95.3. The lowest BCUT2D eigenvalue weighted by Gasteiger charge is -2.39. The molecule has 3 aliphatic heterocycles. The number of amides is 2. The minimum atomic E-state index is -4.59. The van der Waals surface area contributed by atoms with Crippen LogP contribution in [0.5, 0.6) is 0 Å². The molecule has 0 bridgehead atoms. The van der Waals surface area contributed by atoms with Crippen LogP contribution < -0.4 is 15.5 Å². The maximum absolute atomic E-state index is 14.3. The van der Waals surface area contributed by atoms with Gasteiger partial charge in [-0.3, -0.25) is 62.3 Å². The molecule has 5 N–H and O–H groups in total. The van der Waals surface area contributed by atoms with Crippen LogP contribution in [-0.4, -0.2) is 229 Å². The van der Waals surface area contributed by atoms with Gasteiger partial charge in [0.05, 0.1) is 41.4 Å². The number of carbonyl (C=O) groups is 7. The van der Waals surface area contributed by atoms with E-state index in [0.717, 1.165) is 22.7 Å². The summed E-state index contributed by atoms with van der Waals surface area (Å²) in [6.45, 7) is 31.8. The van der Waals surface area contributed by atoms with E-state index in [1.165, 1.54) is 24.3 Å². The van der Waals surface area contributed by atoms with Gasteiger partial charge >= 0.3 is 29.8 Å². The van der Waals surface area contributed by atoms with Crippen molar-refractivity contribution in [3.63, 3.8) is 0 Å². The highest BCUT2D eigenvalue weighted by atomic mass is 32.2. The van der Waals surface area contributed by atoms with Crippen LogP contribution in [0.1, 0.15) is 192 Å². The molecule has 3 aliphatic rings. The van der Waals surface area contributed by atoms with Gasteiger partial charge in [-0.2, -0.15) is 21.4 Å². The number of anilines is 2. The molecule has 0 aromatic heterocycles. The number of unbranched alkanes of at least 4 members (excludes halogenated alkanes) is 4. The summed E-state index contributed by atoms with van der Waals surface area (Å²) in [5, 5.41) is 18.8. The summed E-state index contributed by atoms with van der Waals surface area (Å²) in [6.07, 6.45) is 9.76. The van der Waals surface area contributed by atoms with Crippen molar-refractivity contribution >= 4 is 84.7 Å². The Balaban J connectivity index is 1.23. The number of ether oxygens (including phenoxy) is 4. The number of azide groups is 1. The monoisotopic (exact) mass is 1570 g/mol. The van der Waals surface area contributed by atoms with Gasteiger partial charge in [0.25, 0.3) is 20.2 Å². The topological polar surface area (TPSA) is 377 Å². The number of benzene rings is 3. The highest BCUT2D eigenvalue weighted by molar-refractivity contribution is 7.86. The lowest BCUT2D eigenvalue weighted by molar-refractivity contribution is -0.438. The maximum atomic E-state index is 14.3. The Morgan fingerprint density at radius 1 is 0.627 bits per heavy atom. The molecule has 29 nitrogen and oxygen atoms in total. The van der Waals surface area contributed by atoms with E-state index in [9.17, 15) is 64.6 Å². The van der Waals surface area contributed by atoms with E-state index in [1.54, 1.807) is 107 Å². The van der Waals surface area contributed by atoms with Gasteiger partial charge in [-0.05, 0) is 207 Å². The van der Waals surface area contributed by atoms with Crippen molar-refractivity contribution in [3.8, 4) is 0 Å². The number of carboxylic acid groups (broad SMARTS) is 1. The van der Waals surface area contributed by atoms with Crippen LogP contribution in [0.2, 0.25) is 0 Å². The fourth-order valence-corrected chi connectivity index (χ4v) is 14.8. The SMILES string of the molecule is CC(C)(C)OC(=O)CN1CCN(CC(=O)OC(C)(C)C)CCN(CC(=O)OC(C)(C)C)C(Cc2ccc(NC(=O)[C@H](CCCN=[N+]=[N-])NC(=O)CCCCC[N+]3=C(C=CC=C4N(CCCCCC(=O)O)c5ccc(S(=O)(=O)O)cc5C4(C)C)C(C)(C)c4cc(S(=O)(=O)O)ccc43)cc2)CN(CC(=O)OC(C)(C)C)CC1. The van der Waals surface area contributed by atoms with Gasteiger partial charge in [0, 0.05) is 129 Å². The molecule has 2 amide bonds. The maximum Gasteiger partial charge on any atom is 0.320 e. The third kappa shape index (κ3) is 29.2. The van der Waals surface area contributed by atoms with Gasteiger partial charge in [-0.1, -0.05) is 43.6 Å². The Bertz CT molecular complexity index is 4140. The molecule has 0 radical (unpaired) electrons. The zero-order valence-corrected chi connectivity index (χ0v) is 68.8. The van der Waals surface area contributed by atoms with Gasteiger partial charge in [0.2, 0.25) is 17.5 Å². The molecule has 1 saturated heterocycles. The number of carboxylic acids is 1. The third-order valence-electron chi connectivity index (χ3n) is 18.8. The summed E-state index contributed by atoms with van der Waals surface area (Å²) in [7, 11) is -9.13. The Morgan fingerprint density at radius 3 is 1.66 bits per heavy atom. The minimum absolute atomic E-state index is 0.0215. The summed E-state index contributed by atoms with van der Waals surface area (Å²) in [4.78, 5) is 107. The fourth-order valence-electron chi connectivity index (χ4n) is 13.8. The predicted octanol–water partition coefficient (Wildman–Crippen LogP) is 10.7. The zero-order chi connectivity index (χ0) is 82.0. The number of hydrogen-bond donors (Lipinski definition) is 5. The first-order valence-electron chi connectivity index (χ1n) is 37.8. The number of allylic oxidation sites excluding steroid dienone is 4. The molecule has 3 aromatic carbocycles. The highest BCUT2D eigenvalue weighted by Crippen LogP contribution is 2.49. The second-order valence-corrected chi connectivity index (χ2v) is 36.4. The molecule has 0 spiro atoms. The van der Waals surface area contributed by atoms with E-state index in [-0.39, 0.29) is 94.4 Å². The average molecular weight is 1570 g/mol. The molecular formula is C79H118N11O18S2+. The standard InChI is InChI=1S/C79H117N11O18S2/c1-74(2,3)105-69(94)51-85-41-42-86(52-70(95)106-75(4,5)6)45-46-88(54-72(97)108-77(10,11)12)57(50-87(44-43-85)53-71(96)107-76(7,8)9)47-55-30-32-56(33-31-55)82-73(98)62(25-24-38-81-84-80)83-67(91)28-19-17-21-39-89-63-36-34-58(109(99,100)101)48-60(63)78(13,14)65(89)26-23-27-66-79(15,16)61-49-59(110(102,103)104)35-37-64(61)90(66)40-22-18-20-29-68(92)93/h23,26-27,30-37,48-49,57,62H,17-22,24-25,28-29,38-47,50-54H2,1-16H3,(H4-,82,83,91,92,93,98,99,100,101,102,103,104)/p+1/t57?,62-/m0/s1. The van der Waals surface area contributed by atoms with Crippen LogP contribution in [0, 0.1) is 0 Å². The van der Waals surface area contributed by atoms with Gasteiger partial charge < -0.3 is 39.6 Å². The van der Waals surface area contributed by atoms with Crippen molar-refractivity contribution in [2.24, 2.45) is 5.11 Å². The number of carbonyl (C=O) groups excluding carboxylic acids is 6. The van der Waals surface area contributed by atoms with Crippen LogP contribution in [0.3, 0.4) is 0 Å². The number of nitrogens with one attached hydrogen (secondary N) is 2. The summed E-state index contributed by atoms with van der Waals surface area (Å²) in [6, 6.07) is 14.5. The Hall–Kier alpha value is -8.13. The predicted molar refractivity (Wildman–Crippen MR) is 420 cm³/mol. The van der Waals surface area contributed by atoms with Crippen molar-refractivity contribution in [2.45, 2.75) is 237 Å². The lowest BCUT2D eigenvalue weighted by Crippen LogP contribution is -2.54. The van der Waals surface area contributed by atoms with E-state index >= 15 is 0 Å².